The summed E-state index contributed by atoms with van der Waals surface area (Å²) < 4.78 is 0. The van der Waals surface area contributed by atoms with Gasteiger partial charge >= 0.3 is 0 Å². The van der Waals surface area contributed by atoms with Gasteiger partial charge in [0.05, 0.1) is 12.5 Å². The van der Waals surface area contributed by atoms with Gasteiger partial charge in [0.2, 0.25) is 5.91 Å². The Labute approximate surface area is 47.1 Å². The van der Waals surface area contributed by atoms with Crippen LogP contribution in [0.4, 0.5) is 0 Å². The van der Waals surface area contributed by atoms with E-state index in [1.807, 2.05) is 0 Å². The lowest BCUT2D eigenvalue weighted by Gasteiger charge is -1.93. The summed E-state index contributed by atoms with van der Waals surface area (Å²) in [6.07, 6.45) is -0.0590. The zero-order valence-electron chi connectivity index (χ0n) is 4.29. The van der Waals surface area contributed by atoms with Crippen LogP contribution in [0.2, 0.25) is 0 Å². The van der Waals surface area contributed by atoms with Crippen molar-refractivity contribution in [3.8, 4) is 6.07 Å². The van der Waals surface area contributed by atoms with E-state index in [1.54, 1.807) is 6.07 Å². The standard InChI is InChI=1S/C4H7N3O/c5-2-3(6)1-4(7)8/h3H,1,6H2,(H2,7,8)/t3-/m1/s1. The molecule has 0 saturated heterocycles. The minimum absolute atomic E-state index is 0.0590. The molecule has 0 rings (SSSR count). The zero-order chi connectivity index (χ0) is 6.57. The Morgan fingerprint density at radius 2 is 2.38 bits per heavy atom. The molecule has 1 atom stereocenters. The lowest BCUT2D eigenvalue weighted by molar-refractivity contribution is -0.118. The van der Waals surface area contributed by atoms with Crippen LogP contribution in [-0.2, 0) is 4.79 Å². The molecule has 0 aliphatic carbocycles. The quantitative estimate of drug-likeness (QED) is 0.466. The number of nitriles is 1. The molecule has 4 nitrogen and oxygen atoms in total. The highest BCUT2D eigenvalue weighted by atomic mass is 16.1. The van der Waals surface area contributed by atoms with E-state index < -0.39 is 11.9 Å². The summed E-state index contributed by atoms with van der Waals surface area (Å²) in [7, 11) is 0. The van der Waals surface area contributed by atoms with Crippen molar-refractivity contribution in [2.75, 3.05) is 0 Å². The highest BCUT2D eigenvalue weighted by molar-refractivity contribution is 5.74. The Morgan fingerprint density at radius 3 is 2.50 bits per heavy atom. The average molecular weight is 113 g/mol. The maximum Gasteiger partial charge on any atom is 0.220 e. The molecule has 0 aromatic carbocycles. The molecule has 0 aromatic rings. The average Bonchev–Trinajstić information content (AvgIpc) is 1.65. The SMILES string of the molecule is N#C[C@H](N)CC(N)=O. The van der Waals surface area contributed by atoms with Gasteiger partial charge in [0, 0.05) is 0 Å². The Hall–Kier alpha value is -1.08. The molecule has 0 heterocycles. The number of amides is 1. The number of carbonyl (C=O) groups excluding carboxylic acids is 1. The van der Waals surface area contributed by atoms with Gasteiger partial charge in [-0.1, -0.05) is 0 Å². The third-order valence-electron chi connectivity index (χ3n) is 0.587. The topological polar surface area (TPSA) is 92.9 Å². The molecular formula is C4H7N3O. The van der Waals surface area contributed by atoms with Gasteiger partial charge in [-0.3, -0.25) is 4.79 Å². The van der Waals surface area contributed by atoms with Gasteiger partial charge in [0.1, 0.15) is 6.04 Å². The number of primary amides is 1. The van der Waals surface area contributed by atoms with E-state index in [1.165, 1.54) is 0 Å². The normalized spacial score (nSPS) is 12.0. The van der Waals surface area contributed by atoms with Gasteiger partial charge < -0.3 is 11.5 Å². The predicted molar refractivity (Wildman–Crippen MR) is 27.4 cm³/mol. The minimum atomic E-state index is -0.743. The second-order valence-electron chi connectivity index (χ2n) is 1.41. The van der Waals surface area contributed by atoms with E-state index in [-0.39, 0.29) is 6.42 Å². The molecule has 0 aliphatic rings. The Kier molecular flexibility index (Phi) is 2.59. The van der Waals surface area contributed by atoms with Crippen molar-refractivity contribution < 1.29 is 4.79 Å². The van der Waals surface area contributed by atoms with E-state index in [0.717, 1.165) is 0 Å². The lowest BCUT2D eigenvalue weighted by Crippen LogP contribution is -2.25. The predicted octanol–water partition coefficient (Wildman–Crippen LogP) is -1.29. The van der Waals surface area contributed by atoms with Crippen molar-refractivity contribution in [3.05, 3.63) is 0 Å². The summed E-state index contributed by atoms with van der Waals surface area (Å²) in [6, 6.07) is 0.930. The summed E-state index contributed by atoms with van der Waals surface area (Å²) in [5.74, 6) is -0.543. The van der Waals surface area contributed by atoms with Crippen molar-refractivity contribution in [2.45, 2.75) is 12.5 Å². The number of nitrogens with two attached hydrogens (primary N) is 2. The maximum atomic E-state index is 9.96. The molecule has 8 heavy (non-hydrogen) atoms. The Balaban J connectivity index is 3.43. The molecule has 0 unspecified atom stereocenters. The van der Waals surface area contributed by atoms with Gasteiger partial charge in [-0.2, -0.15) is 5.26 Å². The zero-order valence-corrected chi connectivity index (χ0v) is 4.29. The number of carbonyl (C=O) groups is 1. The third kappa shape index (κ3) is 3.12. The fourth-order valence-corrected chi connectivity index (χ4v) is 0.262. The highest BCUT2D eigenvalue weighted by Crippen LogP contribution is 1.80. The third-order valence-corrected chi connectivity index (χ3v) is 0.587. The smallest absolute Gasteiger partial charge is 0.220 e. The fraction of sp³-hybridized carbons (Fsp3) is 0.500. The van der Waals surface area contributed by atoms with Crippen LogP contribution in [0.1, 0.15) is 6.42 Å². The summed E-state index contributed by atoms with van der Waals surface area (Å²) in [5.41, 5.74) is 9.71. The first-order valence-corrected chi connectivity index (χ1v) is 2.10. The van der Waals surface area contributed by atoms with Crippen LogP contribution in [0, 0.1) is 11.3 Å². The summed E-state index contributed by atoms with van der Waals surface area (Å²) in [6.45, 7) is 0. The van der Waals surface area contributed by atoms with Crippen molar-refractivity contribution >= 4 is 5.91 Å². The lowest BCUT2D eigenvalue weighted by atomic mass is 10.2. The fourth-order valence-electron chi connectivity index (χ4n) is 0.262. The Morgan fingerprint density at radius 1 is 1.88 bits per heavy atom. The van der Waals surface area contributed by atoms with Crippen molar-refractivity contribution in [3.63, 3.8) is 0 Å². The second-order valence-corrected chi connectivity index (χ2v) is 1.41. The van der Waals surface area contributed by atoms with Gasteiger partial charge in [-0.15, -0.1) is 0 Å². The molecule has 44 valence electrons. The van der Waals surface area contributed by atoms with Crippen LogP contribution in [0.5, 0.6) is 0 Å². The monoisotopic (exact) mass is 113 g/mol. The van der Waals surface area contributed by atoms with Crippen LogP contribution in [0.3, 0.4) is 0 Å². The van der Waals surface area contributed by atoms with Crippen molar-refractivity contribution in [1.82, 2.24) is 0 Å². The molecule has 1 amide bonds. The molecule has 0 radical (unpaired) electrons. The maximum absolute atomic E-state index is 9.96. The molecule has 0 aromatic heterocycles. The number of nitrogens with zero attached hydrogens (tertiary/aromatic N) is 1. The van der Waals surface area contributed by atoms with Gasteiger partial charge in [0.25, 0.3) is 0 Å². The van der Waals surface area contributed by atoms with E-state index in [0.29, 0.717) is 0 Å². The van der Waals surface area contributed by atoms with Gasteiger partial charge in [0.15, 0.2) is 0 Å². The summed E-state index contributed by atoms with van der Waals surface area (Å²) in [5, 5.41) is 8.00. The van der Waals surface area contributed by atoms with Crippen LogP contribution in [-0.4, -0.2) is 11.9 Å². The van der Waals surface area contributed by atoms with E-state index in [2.05, 4.69) is 0 Å². The largest absolute Gasteiger partial charge is 0.370 e. The second kappa shape index (κ2) is 2.99. The molecule has 0 aliphatic heterocycles. The molecule has 0 fully saturated rings. The number of hydrogen-bond donors (Lipinski definition) is 2. The molecule has 0 saturated carbocycles. The van der Waals surface area contributed by atoms with Crippen LogP contribution < -0.4 is 11.5 Å². The number of rotatable bonds is 2. The van der Waals surface area contributed by atoms with Crippen molar-refractivity contribution in [1.29, 1.82) is 5.26 Å². The first-order chi connectivity index (χ1) is 3.66. The van der Waals surface area contributed by atoms with Crippen LogP contribution >= 0.6 is 0 Å². The van der Waals surface area contributed by atoms with E-state index in [9.17, 15) is 4.79 Å². The molecule has 0 bridgehead atoms. The van der Waals surface area contributed by atoms with Crippen LogP contribution in [0.25, 0.3) is 0 Å². The minimum Gasteiger partial charge on any atom is -0.370 e. The first kappa shape index (κ1) is 6.92. The molecule has 4 heteroatoms. The van der Waals surface area contributed by atoms with E-state index in [4.69, 9.17) is 16.7 Å². The van der Waals surface area contributed by atoms with Gasteiger partial charge in [-0.05, 0) is 0 Å². The number of hydrogen-bond acceptors (Lipinski definition) is 3. The summed E-state index contributed by atoms with van der Waals surface area (Å²) in [4.78, 5) is 9.96. The highest BCUT2D eigenvalue weighted by Gasteiger charge is 2.01. The molecule has 0 spiro atoms. The van der Waals surface area contributed by atoms with Gasteiger partial charge in [-0.25, -0.2) is 0 Å². The van der Waals surface area contributed by atoms with E-state index >= 15 is 0 Å². The first-order valence-electron chi connectivity index (χ1n) is 2.10. The Bertz CT molecular complexity index is 126. The molecule has 4 N–H and O–H groups in total. The van der Waals surface area contributed by atoms with Crippen molar-refractivity contribution in [2.24, 2.45) is 11.5 Å². The molecular weight excluding hydrogens is 106 g/mol. The van der Waals surface area contributed by atoms with Crippen LogP contribution in [0.15, 0.2) is 0 Å². The summed E-state index contributed by atoms with van der Waals surface area (Å²) >= 11 is 0.